The van der Waals surface area contributed by atoms with Crippen LogP contribution in [0.4, 0.5) is 8.78 Å². The first kappa shape index (κ1) is 17.4. The maximum Gasteiger partial charge on any atom is 0.222 e. The van der Waals surface area contributed by atoms with Gasteiger partial charge in [-0.15, -0.1) is 0 Å². The maximum atomic E-state index is 14.0. The van der Waals surface area contributed by atoms with Crippen molar-refractivity contribution in [1.29, 1.82) is 0 Å². The van der Waals surface area contributed by atoms with Crippen LogP contribution >= 0.6 is 0 Å². The van der Waals surface area contributed by atoms with Gasteiger partial charge in [0.15, 0.2) is 0 Å². The zero-order valence-electron chi connectivity index (χ0n) is 14.6. The number of hydrogen-bond donors (Lipinski definition) is 1. The predicted octanol–water partition coefficient (Wildman–Crippen LogP) is 2.55. The molecule has 0 fully saturated rings. The lowest BCUT2D eigenvalue weighted by molar-refractivity contribution is -0.122. The summed E-state index contributed by atoms with van der Waals surface area (Å²) in [5.41, 5.74) is 0.758. The molecule has 1 atom stereocenters. The topological polar surface area (TPSA) is 64.7 Å². The number of benzene rings is 1. The molecular formula is C19H19F2N5O. The van der Waals surface area contributed by atoms with Crippen molar-refractivity contribution in [1.82, 2.24) is 24.4 Å². The molecule has 6 nitrogen and oxygen atoms in total. The van der Waals surface area contributed by atoms with E-state index >= 15 is 0 Å². The Morgan fingerprint density at radius 1 is 1.33 bits per heavy atom. The number of halogens is 2. The van der Waals surface area contributed by atoms with E-state index in [4.69, 9.17) is 0 Å². The smallest absolute Gasteiger partial charge is 0.222 e. The van der Waals surface area contributed by atoms with Crippen LogP contribution in [0.1, 0.15) is 18.7 Å². The average Bonchev–Trinajstić information content (AvgIpc) is 3.29. The second-order valence-electron chi connectivity index (χ2n) is 6.67. The van der Waals surface area contributed by atoms with Crippen LogP contribution in [0.2, 0.25) is 0 Å². The van der Waals surface area contributed by atoms with E-state index in [-0.39, 0.29) is 17.5 Å². The number of nitrogens with one attached hydrogen (secondary N) is 1. The molecule has 1 aliphatic heterocycles. The van der Waals surface area contributed by atoms with Gasteiger partial charge in [-0.1, -0.05) is 0 Å². The van der Waals surface area contributed by atoms with Crippen molar-refractivity contribution in [3.05, 3.63) is 60.6 Å². The maximum absolute atomic E-state index is 14.0. The van der Waals surface area contributed by atoms with E-state index in [2.05, 4.69) is 15.3 Å². The highest BCUT2D eigenvalue weighted by Gasteiger charge is 2.23. The van der Waals surface area contributed by atoms with Gasteiger partial charge in [0.1, 0.15) is 17.5 Å². The van der Waals surface area contributed by atoms with Gasteiger partial charge in [0.25, 0.3) is 0 Å². The van der Waals surface area contributed by atoms with Crippen molar-refractivity contribution in [2.24, 2.45) is 0 Å². The number of amides is 1. The Bertz CT molecular complexity index is 951. The van der Waals surface area contributed by atoms with Crippen molar-refractivity contribution in [3.8, 4) is 11.3 Å². The van der Waals surface area contributed by atoms with E-state index in [0.717, 1.165) is 18.3 Å². The van der Waals surface area contributed by atoms with Crippen molar-refractivity contribution in [3.63, 3.8) is 0 Å². The number of fused-ring (bicyclic) bond motifs is 1. The lowest BCUT2D eigenvalue weighted by Crippen LogP contribution is -2.41. The summed E-state index contributed by atoms with van der Waals surface area (Å²) in [5.74, 6) is -0.409. The Balaban J connectivity index is 1.39. The van der Waals surface area contributed by atoms with Crippen molar-refractivity contribution in [2.45, 2.75) is 38.4 Å². The van der Waals surface area contributed by atoms with Gasteiger partial charge in [0, 0.05) is 62.2 Å². The molecule has 27 heavy (non-hydrogen) atoms. The summed E-state index contributed by atoms with van der Waals surface area (Å²) >= 11 is 0. The first-order valence-corrected chi connectivity index (χ1v) is 8.85. The van der Waals surface area contributed by atoms with Crippen LogP contribution in [0.5, 0.6) is 0 Å². The van der Waals surface area contributed by atoms with Crippen molar-refractivity contribution < 1.29 is 13.6 Å². The van der Waals surface area contributed by atoms with Crippen LogP contribution in [-0.2, 0) is 24.3 Å². The van der Waals surface area contributed by atoms with Gasteiger partial charge < -0.3 is 14.5 Å². The summed E-state index contributed by atoms with van der Waals surface area (Å²) in [4.78, 5) is 20.6. The van der Waals surface area contributed by atoms with E-state index < -0.39 is 11.6 Å². The van der Waals surface area contributed by atoms with Gasteiger partial charge in [0.2, 0.25) is 5.91 Å². The second kappa shape index (κ2) is 7.30. The van der Waals surface area contributed by atoms with Crippen LogP contribution in [0.3, 0.4) is 0 Å². The number of hydrogen-bond acceptors (Lipinski definition) is 3. The largest absolute Gasteiger partial charge is 0.352 e. The minimum Gasteiger partial charge on any atom is -0.352 e. The van der Waals surface area contributed by atoms with E-state index in [1.165, 1.54) is 12.1 Å². The van der Waals surface area contributed by atoms with Gasteiger partial charge in [0.05, 0.1) is 12.0 Å². The molecule has 1 N–H and O–H groups in total. The van der Waals surface area contributed by atoms with Gasteiger partial charge in [-0.2, -0.15) is 0 Å². The minimum absolute atomic E-state index is 0.00732. The van der Waals surface area contributed by atoms with E-state index in [9.17, 15) is 13.6 Å². The molecule has 0 saturated heterocycles. The predicted molar refractivity (Wildman–Crippen MR) is 94.7 cm³/mol. The normalized spacial score (nSPS) is 16.1. The standard InChI is InChI=1S/C19H19F2N5O/c20-13-1-3-15(16(21)9-13)17-11-26-10-14(2-4-18(26)24-17)23-19(27)5-7-25-8-6-22-12-25/h1,3,6,8-9,11-12,14H,2,4-5,7,10H2,(H,23,27). The number of aryl methyl sites for hydroxylation is 2. The lowest BCUT2D eigenvalue weighted by atomic mass is 10.1. The Kier molecular flexibility index (Phi) is 4.70. The number of carbonyl (C=O) groups excluding carboxylic acids is 1. The number of nitrogens with zero attached hydrogens (tertiary/aromatic N) is 4. The number of rotatable bonds is 5. The second-order valence-corrected chi connectivity index (χ2v) is 6.67. The monoisotopic (exact) mass is 371 g/mol. The highest BCUT2D eigenvalue weighted by atomic mass is 19.1. The Labute approximate surface area is 154 Å². The zero-order chi connectivity index (χ0) is 18.8. The summed E-state index contributed by atoms with van der Waals surface area (Å²) in [6.07, 6.45) is 8.80. The van der Waals surface area contributed by atoms with Gasteiger partial charge in [-0.25, -0.2) is 18.7 Å². The molecule has 2 aromatic heterocycles. The fourth-order valence-corrected chi connectivity index (χ4v) is 3.34. The summed E-state index contributed by atoms with van der Waals surface area (Å²) < 4.78 is 30.9. The molecule has 0 saturated carbocycles. The molecule has 1 aliphatic rings. The first-order chi connectivity index (χ1) is 13.1. The molecule has 0 radical (unpaired) electrons. The molecule has 140 valence electrons. The van der Waals surface area contributed by atoms with Crippen LogP contribution in [0.25, 0.3) is 11.3 Å². The van der Waals surface area contributed by atoms with Gasteiger partial charge in [-0.3, -0.25) is 4.79 Å². The Morgan fingerprint density at radius 3 is 3.00 bits per heavy atom. The SMILES string of the molecule is O=C(CCn1ccnc1)NC1CCc2nc(-c3ccc(F)cc3F)cn2C1. The van der Waals surface area contributed by atoms with Gasteiger partial charge >= 0.3 is 0 Å². The van der Waals surface area contributed by atoms with E-state index in [1.807, 2.05) is 15.3 Å². The minimum atomic E-state index is -0.630. The first-order valence-electron chi connectivity index (χ1n) is 8.85. The third-order valence-electron chi connectivity index (χ3n) is 4.72. The van der Waals surface area contributed by atoms with E-state index in [0.29, 0.717) is 31.6 Å². The quantitative estimate of drug-likeness (QED) is 0.750. The summed E-state index contributed by atoms with van der Waals surface area (Å²) in [5, 5.41) is 3.05. The lowest BCUT2D eigenvalue weighted by Gasteiger charge is -2.24. The summed E-state index contributed by atoms with van der Waals surface area (Å²) in [7, 11) is 0. The number of imidazole rings is 2. The molecule has 8 heteroatoms. The highest BCUT2D eigenvalue weighted by Crippen LogP contribution is 2.25. The number of carbonyl (C=O) groups is 1. The Hall–Kier alpha value is -3.03. The molecule has 0 aliphatic carbocycles. The van der Waals surface area contributed by atoms with E-state index in [1.54, 1.807) is 18.7 Å². The fourth-order valence-electron chi connectivity index (χ4n) is 3.34. The average molecular weight is 371 g/mol. The third-order valence-corrected chi connectivity index (χ3v) is 4.72. The third kappa shape index (κ3) is 3.89. The number of aromatic nitrogens is 4. The van der Waals surface area contributed by atoms with Crippen LogP contribution in [0, 0.1) is 11.6 Å². The van der Waals surface area contributed by atoms with Crippen LogP contribution in [-0.4, -0.2) is 31.1 Å². The fraction of sp³-hybridized carbons (Fsp3) is 0.316. The molecule has 1 unspecified atom stereocenters. The summed E-state index contributed by atoms with van der Waals surface area (Å²) in [6, 6.07) is 3.48. The molecule has 1 aromatic carbocycles. The van der Waals surface area contributed by atoms with Crippen LogP contribution in [0.15, 0.2) is 43.1 Å². The summed E-state index contributed by atoms with van der Waals surface area (Å²) in [6.45, 7) is 1.17. The zero-order valence-corrected chi connectivity index (χ0v) is 14.6. The molecule has 0 bridgehead atoms. The van der Waals surface area contributed by atoms with Crippen molar-refractivity contribution >= 4 is 5.91 Å². The molecular weight excluding hydrogens is 352 g/mol. The molecule has 0 spiro atoms. The molecule has 3 heterocycles. The van der Waals surface area contributed by atoms with Crippen molar-refractivity contribution in [2.75, 3.05) is 0 Å². The molecule has 3 aromatic rings. The van der Waals surface area contributed by atoms with Gasteiger partial charge in [-0.05, 0) is 18.6 Å². The molecule has 1 amide bonds. The highest BCUT2D eigenvalue weighted by molar-refractivity contribution is 5.76. The molecule has 4 rings (SSSR count). The van der Waals surface area contributed by atoms with Crippen LogP contribution < -0.4 is 5.32 Å². The Morgan fingerprint density at radius 2 is 2.22 bits per heavy atom.